The number of hydrogen-bond donors (Lipinski definition) is 1. The van der Waals surface area contributed by atoms with Gasteiger partial charge in [0.2, 0.25) is 0 Å². The van der Waals surface area contributed by atoms with Gasteiger partial charge in [-0.15, -0.1) is 6.58 Å². The molecular formula is C13H26N2. The number of hydrogen-bond acceptors (Lipinski definition) is 2. The first kappa shape index (κ1) is 12.7. The monoisotopic (exact) mass is 210 g/mol. The Morgan fingerprint density at radius 1 is 1.33 bits per heavy atom. The van der Waals surface area contributed by atoms with Crippen molar-refractivity contribution in [2.45, 2.75) is 51.1 Å². The standard InChI is InChI=1S/C13H26N2/c1-11(2)9-10-15(4)13-7-5-12(14-3)6-8-13/h12-14H,1,5-10H2,2-4H3. The summed E-state index contributed by atoms with van der Waals surface area (Å²) in [7, 11) is 4.34. The molecule has 1 saturated carbocycles. The van der Waals surface area contributed by atoms with Crippen LogP contribution in [0, 0.1) is 0 Å². The normalized spacial score (nSPS) is 26.9. The molecule has 0 spiro atoms. The van der Waals surface area contributed by atoms with E-state index in [-0.39, 0.29) is 0 Å². The number of nitrogens with zero attached hydrogens (tertiary/aromatic N) is 1. The second-order valence-corrected chi connectivity index (χ2v) is 4.98. The summed E-state index contributed by atoms with van der Waals surface area (Å²) < 4.78 is 0. The maximum atomic E-state index is 3.96. The van der Waals surface area contributed by atoms with E-state index in [0.717, 1.165) is 18.5 Å². The van der Waals surface area contributed by atoms with Gasteiger partial charge >= 0.3 is 0 Å². The highest BCUT2D eigenvalue weighted by atomic mass is 15.1. The lowest BCUT2D eigenvalue weighted by atomic mass is 9.90. The molecule has 0 unspecified atom stereocenters. The Hall–Kier alpha value is -0.340. The van der Waals surface area contributed by atoms with Gasteiger partial charge in [0.05, 0.1) is 0 Å². The first-order chi connectivity index (χ1) is 7.13. The summed E-state index contributed by atoms with van der Waals surface area (Å²) in [4.78, 5) is 2.51. The summed E-state index contributed by atoms with van der Waals surface area (Å²) in [6.07, 6.45) is 6.50. The third-order valence-electron chi connectivity index (χ3n) is 3.62. The second kappa shape index (κ2) is 6.29. The van der Waals surface area contributed by atoms with E-state index < -0.39 is 0 Å². The van der Waals surface area contributed by atoms with E-state index in [9.17, 15) is 0 Å². The molecule has 0 bridgehead atoms. The van der Waals surface area contributed by atoms with Gasteiger partial charge in [0.15, 0.2) is 0 Å². The second-order valence-electron chi connectivity index (χ2n) is 4.98. The highest BCUT2D eigenvalue weighted by Crippen LogP contribution is 2.22. The quantitative estimate of drug-likeness (QED) is 0.701. The molecule has 0 aliphatic heterocycles. The first-order valence-corrected chi connectivity index (χ1v) is 6.15. The minimum absolute atomic E-state index is 0.760. The van der Waals surface area contributed by atoms with Crippen LogP contribution in [-0.2, 0) is 0 Å². The van der Waals surface area contributed by atoms with Crippen molar-refractivity contribution < 1.29 is 0 Å². The average molecular weight is 210 g/mol. The Kier molecular flexibility index (Phi) is 5.34. The van der Waals surface area contributed by atoms with E-state index in [1.165, 1.54) is 37.8 Å². The van der Waals surface area contributed by atoms with Gasteiger partial charge in [0.1, 0.15) is 0 Å². The largest absolute Gasteiger partial charge is 0.317 e. The zero-order valence-electron chi connectivity index (χ0n) is 10.6. The van der Waals surface area contributed by atoms with Crippen LogP contribution >= 0.6 is 0 Å². The van der Waals surface area contributed by atoms with Crippen molar-refractivity contribution in [3.05, 3.63) is 12.2 Å². The molecule has 15 heavy (non-hydrogen) atoms. The lowest BCUT2D eigenvalue weighted by Crippen LogP contribution is -2.40. The van der Waals surface area contributed by atoms with Crippen molar-refractivity contribution in [1.29, 1.82) is 0 Å². The summed E-state index contributed by atoms with van der Waals surface area (Å²) in [6.45, 7) is 7.25. The molecule has 0 atom stereocenters. The van der Waals surface area contributed by atoms with Crippen LogP contribution < -0.4 is 5.32 Å². The van der Waals surface area contributed by atoms with E-state index in [0.29, 0.717) is 0 Å². The van der Waals surface area contributed by atoms with Crippen LogP contribution in [0.25, 0.3) is 0 Å². The van der Waals surface area contributed by atoms with E-state index in [1.54, 1.807) is 0 Å². The molecule has 0 saturated heterocycles. The Bertz CT molecular complexity index is 193. The number of rotatable bonds is 5. The van der Waals surface area contributed by atoms with Gasteiger partial charge in [-0.25, -0.2) is 0 Å². The van der Waals surface area contributed by atoms with Crippen LogP contribution in [-0.4, -0.2) is 37.6 Å². The summed E-state index contributed by atoms with van der Waals surface area (Å²) in [5, 5.41) is 3.38. The molecule has 88 valence electrons. The maximum Gasteiger partial charge on any atom is 0.00934 e. The van der Waals surface area contributed by atoms with Crippen LogP contribution in [0.4, 0.5) is 0 Å². The third kappa shape index (κ3) is 4.35. The highest BCUT2D eigenvalue weighted by molar-refractivity contribution is 4.89. The molecule has 1 aliphatic carbocycles. The summed E-state index contributed by atoms with van der Waals surface area (Å²) in [5.74, 6) is 0. The molecule has 0 aromatic carbocycles. The Labute approximate surface area is 94.7 Å². The fourth-order valence-electron chi connectivity index (χ4n) is 2.36. The van der Waals surface area contributed by atoms with E-state index in [4.69, 9.17) is 0 Å². The predicted octanol–water partition coefficient (Wildman–Crippen LogP) is 2.42. The van der Waals surface area contributed by atoms with Crippen LogP contribution in [0.2, 0.25) is 0 Å². The van der Waals surface area contributed by atoms with Gasteiger partial charge in [0, 0.05) is 18.6 Å². The topological polar surface area (TPSA) is 15.3 Å². The zero-order valence-corrected chi connectivity index (χ0v) is 10.6. The van der Waals surface area contributed by atoms with Crippen molar-refractivity contribution in [3.8, 4) is 0 Å². The first-order valence-electron chi connectivity index (χ1n) is 6.15. The molecule has 2 heteroatoms. The van der Waals surface area contributed by atoms with Crippen LogP contribution in [0.5, 0.6) is 0 Å². The fourth-order valence-corrected chi connectivity index (χ4v) is 2.36. The maximum absolute atomic E-state index is 3.96. The van der Waals surface area contributed by atoms with Crippen LogP contribution in [0.1, 0.15) is 39.0 Å². The third-order valence-corrected chi connectivity index (χ3v) is 3.62. The van der Waals surface area contributed by atoms with Crippen molar-refractivity contribution in [3.63, 3.8) is 0 Å². The van der Waals surface area contributed by atoms with Gasteiger partial charge in [-0.3, -0.25) is 0 Å². The summed E-state index contributed by atoms with van der Waals surface area (Å²) in [6, 6.07) is 1.56. The van der Waals surface area contributed by atoms with E-state index in [2.05, 4.69) is 37.8 Å². The van der Waals surface area contributed by atoms with Crippen molar-refractivity contribution in [2.24, 2.45) is 0 Å². The van der Waals surface area contributed by atoms with Gasteiger partial charge in [-0.05, 0) is 53.1 Å². The minimum Gasteiger partial charge on any atom is -0.317 e. The van der Waals surface area contributed by atoms with Gasteiger partial charge in [0.25, 0.3) is 0 Å². The lowest BCUT2D eigenvalue weighted by Gasteiger charge is -2.34. The number of nitrogens with one attached hydrogen (secondary N) is 1. The molecule has 0 aromatic rings. The Balaban J connectivity index is 2.23. The average Bonchev–Trinajstić information content (AvgIpc) is 2.26. The minimum atomic E-state index is 0.760. The van der Waals surface area contributed by atoms with Gasteiger partial charge < -0.3 is 10.2 Å². The molecule has 0 amide bonds. The molecule has 1 aliphatic rings. The van der Waals surface area contributed by atoms with Crippen LogP contribution in [0.15, 0.2) is 12.2 Å². The Morgan fingerprint density at radius 3 is 2.40 bits per heavy atom. The summed E-state index contributed by atoms with van der Waals surface area (Å²) >= 11 is 0. The molecular weight excluding hydrogens is 184 g/mol. The van der Waals surface area contributed by atoms with Crippen molar-refractivity contribution in [2.75, 3.05) is 20.6 Å². The van der Waals surface area contributed by atoms with Gasteiger partial charge in [-0.1, -0.05) is 5.57 Å². The molecule has 0 radical (unpaired) electrons. The molecule has 0 aromatic heterocycles. The van der Waals surface area contributed by atoms with E-state index >= 15 is 0 Å². The van der Waals surface area contributed by atoms with Crippen LogP contribution in [0.3, 0.4) is 0 Å². The smallest absolute Gasteiger partial charge is 0.00934 e. The predicted molar refractivity (Wildman–Crippen MR) is 67.2 cm³/mol. The molecule has 1 rings (SSSR count). The highest BCUT2D eigenvalue weighted by Gasteiger charge is 2.22. The van der Waals surface area contributed by atoms with Gasteiger partial charge in [-0.2, -0.15) is 0 Å². The Morgan fingerprint density at radius 2 is 1.93 bits per heavy atom. The molecule has 1 fully saturated rings. The molecule has 1 N–H and O–H groups in total. The SMILES string of the molecule is C=C(C)CCN(C)C1CCC(NC)CC1. The zero-order chi connectivity index (χ0) is 11.3. The molecule has 0 heterocycles. The fraction of sp³-hybridized carbons (Fsp3) is 0.846. The van der Waals surface area contributed by atoms with Crippen molar-refractivity contribution in [1.82, 2.24) is 10.2 Å². The van der Waals surface area contributed by atoms with E-state index in [1.807, 2.05) is 0 Å². The lowest BCUT2D eigenvalue weighted by molar-refractivity contribution is 0.178. The summed E-state index contributed by atoms with van der Waals surface area (Å²) in [5.41, 5.74) is 1.30. The molecule has 2 nitrogen and oxygen atoms in total. The van der Waals surface area contributed by atoms with Crippen molar-refractivity contribution >= 4 is 0 Å².